The van der Waals surface area contributed by atoms with Gasteiger partial charge in [-0.1, -0.05) is 96.5 Å². The molecular weight excluding hydrogens is 942 g/mol. The van der Waals surface area contributed by atoms with Crippen molar-refractivity contribution in [3.8, 4) is 33.8 Å². The molecule has 4 aromatic heterocycles. The first-order valence-electron chi connectivity index (χ1n) is 21.8. The van der Waals surface area contributed by atoms with E-state index in [-0.39, 0.29) is 21.1 Å². The van der Waals surface area contributed by atoms with Gasteiger partial charge in [0.15, 0.2) is 0 Å². The number of benzene rings is 8. The molecule has 7 heteroatoms. The van der Waals surface area contributed by atoms with Crippen molar-refractivity contribution in [2.75, 3.05) is 16.8 Å². The smallest absolute Gasteiger partial charge is 0.143 e. The Balaban J connectivity index is 0.00000444. The number of aromatic nitrogens is 3. The van der Waals surface area contributed by atoms with E-state index in [2.05, 4.69) is 142 Å². The van der Waals surface area contributed by atoms with Crippen LogP contribution in [0.2, 0.25) is 0 Å². The summed E-state index contributed by atoms with van der Waals surface area (Å²) in [5.41, 5.74) is 12.5. The molecule has 0 amide bonds. The summed E-state index contributed by atoms with van der Waals surface area (Å²) in [4.78, 5) is 8.32. The quantitative estimate of drug-likeness (QED) is 0.161. The van der Waals surface area contributed by atoms with Gasteiger partial charge in [-0.25, -0.2) is 4.98 Å². The molecule has 0 fully saturated rings. The minimum Gasteiger partial charge on any atom is -0.509 e. The summed E-state index contributed by atoms with van der Waals surface area (Å²) in [5, 5.41) is 6.51. The molecule has 0 radical (unpaired) electrons. The van der Waals surface area contributed by atoms with Gasteiger partial charge in [-0.3, -0.25) is 0 Å². The third-order valence-electron chi connectivity index (χ3n) is 12.1. The second-order valence-corrected chi connectivity index (χ2v) is 15.5. The van der Waals surface area contributed by atoms with Crippen LogP contribution in [0.5, 0.6) is 11.5 Å². The van der Waals surface area contributed by atoms with Crippen LogP contribution >= 0.6 is 0 Å². The molecule has 5 heterocycles. The third-order valence-corrected chi connectivity index (χ3v) is 12.1. The Morgan fingerprint density at radius 3 is 2.05 bits per heavy atom. The Morgan fingerprint density at radius 1 is 0.516 bits per heavy atom. The van der Waals surface area contributed by atoms with E-state index >= 15 is 0 Å². The number of pyridine rings is 1. The van der Waals surface area contributed by atoms with E-state index in [0.29, 0.717) is 22.9 Å². The van der Waals surface area contributed by atoms with Crippen LogP contribution in [0, 0.1) is 18.8 Å². The zero-order chi connectivity index (χ0) is 42.7. The van der Waals surface area contributed by atoms with Gasteiger partial charge in [0.1, 0.15) is 5.65 Å². The van der Waals surface area contributed by atoms with Crippen molar-refractivity contribution in [2.45, 2.75) is 0 Å². The largest absolute Gasteiger partial charge is 0.509 e. The van der Waals surface area contributed by atoms with Crippen LogP contribution in [0.15, 0.2) is 182 Å². The first kappa shape index (κ1) is 33.3. The van der Waals surface area contributed by atoms with E-state index in [0.717, 1.165) is 77.2 Å². The van der Waals surface area contributed by atoms with Crippen LogP contribution < -0.4 is 14.5 Å². The molecule has 62 heavy (non-hydrogen) atoms. The summed E-state index contributed by atoms with van der Waals surface area (Å²) in [6, 6.07) is 67.6. The molecule has 0 bridgehead atoms. The van der Waals surface area contributed by atoms with E-state index < -0.39 is 6.98 Å². The predicted octanol–water partition coefficient (Wildman–Crippen LogP) is 13.8. The van der Waals surface area contributed by atoms with E-state index in [1.54, 1.807) is 6.67 Å². The van der Waals surface area contributed by atoms with Crippen LogP contribution in [-0.4, -0.2) is 20.8 Å². The molecule has 0 spiro atoms. The van der Waals surface area contributed by atoms with Crippen LogP contribution in [-0.2, 0) is 21.1 Å². The van der Waals surface area contributed by atoms with Crippen molar-refractivity contribution >= 4 is 82.6 Å². The Hall–Kier alpha value is -7.40. The Kier molecular flexibility index (Phi) is 7.57. The van der Waals surface area contributed by atoms with Gasteiger partial charge in [0.25, 0.3) is 0 Å². The van der Waals surface area contributed by atoms with Gasteiger partial charge >= 0.3 is 0 Å². The average molecular weight is 979 g/mol. The monoisotopic (exact) mass is 978 g/mol. The number of nitrogens with zero attached hydrogens (tertiary/aromatic N) is 5. The fourth-order valence-corrected chi connectivity index (χ4v) is 9.46. The van der Waals surface area contributed by atoms with Crippen molar-refractivity contribution in [3.63, 3.8) is 0 Å². The number of ether oxygens (including phenoxy) is 1. The molecule has 0 saturated carbocycles. The van der Waals surface area contributed by atoms with Gasteiger partial charge < -0.3 is 23.3 Å². The molecule has 0 saturated heterocycles. The number of hydrogen-bond donors (Lipinski definition) is 0. The maximum Gasteiger partial charge on any atom is 0.143 e. The van der Waals surface area contributed by atoms with E-state index in [1.165, 1.54) is 21.2 Å². The molecule has 298 valence electrons. The molecule has 1 aliphatic heterocycles. The summed E-state index contributed by atoms with van der Waals surface area (Å²) in [6.45, 7) is -0.755. The van der Waals surface area contributed by atoms with Gasteiger partial charge in [0, 0.05) is 75.8 Å². The maximum absolute atomic E-state index is 8.16. The standard InChI is InChI=1S/C55H34N5O.Pt/c1-57-34-58(50-22-9-8-21-49(50)57)39-17-10-18-40(32-39)61-41-25-26-42-43-19-11-23-51-54(43)60(52(42)33-41)55-44(20-12-28-56-55)46-30-38(36-15-6-3-7-16-36)31-47-45-29-37(35-13-4-2-5-14-35)24-27-48(45)59(51)53(46)47;/h2-31,34H,1H3;/q-3;/i1D3;. The van der Waals surface area contributed by atoms with Crippen LogP contribution in [0.4, 0.5) is 17.1 Å². The summed E-state index contributed by atoms with van der Waals surface area (Å²) < 4.78 is 35.8. The molecule has 12 aromatic rings. The first-order valence-corrected chi connectivity index (χ1v) is 20.3. The molecule has 1 aliphatic rings. The fourth-order valence-electron chi connectivity index (χ4n) is 9.46. The second-order valence-electron chi connectivity index (χ2n) is 15.5. The molecule has 6 nitrogen and oxygen atoms in total. The van der Waals surface area contributed by atoms with E-state index in [9.17, 15) is 0 Å². The summed E-state index contributed by atoms with van der Waals surface area (Å²) in [6.07, 6.45) is 1.86. The van der Waals surface area contributed by atoms with Crippen LogP contribution in [0.25, 0.3) is 87.8 Å². The van der Waals surface area contributed by atoms with Crippen LogP contribution in [0.1, 0.15) is 4.11 Å². The zero-order valence-electron chi connectivity index (χ0n) is 35.9. The van der Waals surface area contributed by atoms with Gasteiger partial charge in [-0.2, -0.15) is 18.8 Å². The Bertz CT molecular complexity index is 3870. The van der Waals surface area contributed by atoms with Gasteiger partial charge in [-0.15, -0.1) is 41.4 Å². The molecular formula is C55H34N5OPt-3. The fraction of sp³-hybridized carbons (Fsp3) is 0.0182. The van der Waals surface area contributed by atoms with Gasteiger partial charge in [0.05, 0.1) is 22.1 Å². The molecule has 0 aliphatic carbocycles. The SMILES string of the molecule is [2H]C([2H])([2H])N1[CH-]N(c2[c-]c(Oc3[c-]c4c(cc3)c3cccc5c3n4c3ncccc3c3cc(-c4ccccc4)cc4c6cc(-c7ccccc7)ccc6n5c43)ccc2)c2ccccc21.[Pt]. The summed E-state index contributed by atoms with van der Waals surface area (Å²) in [5.74, 6) is 0.970. The average Bonchev–Trinajstić information content (AvgIpc) is 4.00. The molecule has 13 rings (SSSR count). The number of para-hydroxylation sites is 3. The van der Waals surface area contributed by atoms with Gasteiger partial charge in [0.2, 0.25) is 0 Å². The predicted molar refractivity (Wildman–Crippen MR) is 250 cm³/mol. The number of fused-ring (bicyclic) bond motifs is 11. The van der Waals surface area contributed by atoms with Crippen molar-refractivity contribution in [1.82, 2.24) is 13.8 Å². The van der Waals surface area contributed by atoms with Crippen LogP contribution in [0.3, 0.4) is 0 Å². The van der Waals surface area contributed by atoms with Crippen molar-refractivity contribution in [1.29, 1.82) is 0 Å². The van der Waals surface area contributed by atoms with Crippen molar-refractivity contribution < 1.29 is 29.9 Å². The Labute approximate surface area is 375 Å². The molecule has 8 aromatic carbocycles. The van der Waals surface area contributed by atoms with E-state index in [1.807, 2.05) is 65.7 Å². The topological polar surface area (TPSA) is 37.4 Å². The maximum atomic E-state index is 8.16. The molecule has 0 unspecified atom stereocenters. The van der Waals surface area contributed by atoms with Gasteiger partial charge in [-0.05, 0) is 89.2 Å². The molecule has 0 N–H and O–H groups in total. The van der Waals surface area contributed by atoms with Crippen molar-refractivity contribution in [3.05, 3.63) is 201 Å². The third kappa shape index (κ3) is 5.43. The number of rotatable bonds is 5. The summed E-state index contributed by atoms with van der Waals surface area (Å²) >= 11 is 0. The zero-order valence-corrected chi connectivity index (χ0v) is 35.1. The normalized spacial score (nSPS) is 13.6. The number of anilines is 3. The minimum atomic E-state index is -2.35. The summed E-state index contributed by atoms with van der Waals surface area (Å²) in [7, 11) is 0. The van der Waals surface area contributed by atoms with Crippen molar-refractivity contribution in [2.24, 2.45) is 0 Å². The minimum absolute atomic E-state index is 0. The first-order chi connectivity index (χ1) is 31.4. The van der Waals surface area contributed by atoms with E-state index in [4.69, 9.17) is 13.8 Å². The Morgan fingerprint density at radius 2 is 1.23 bits per heavy atom. The second kappa shape index (κ2) is 14.1. The molecule has 0 atom stereocenters. The number of hydrogen-bond acceptors (Lipinski definition) is 4.